The van der Waals surface area contributed by atoms with Crippen molar-refractivity contribution in [3.63, 3.8) is 0 Å². The normalized spacial score (nSPS) is 9.60. The Kier molecular flexibility index (Phi) is 4.66. The molecular weight excluding hydrogens is 132 g/mol. The van der Waals surface area contributed by atoms with Crippen LogP contribution < -0.4 is 10.9 Å². The van der Waals surface area contributed by atoms with Gasteiger partial charge in [-0.2, -0.15) is 0 Å². The SMILES string of the molecule is CCNNC(=O)OC(C)C. The van der Waals surface area contributed by atoms with Crippen molar-refractivity contribution in [3.05, 3.63) is 0 Å². The largest absolute Gasteiger partial charge is 0.446 e. The van der Waals surface area contributed by atoms with Crippen molar-refractivity contribution in [1.29, 1.82) is 0 Å². The highest BCUT2D eigenvalue weighted by atomic mass is 16.6. The molecular formula is C6H14N2O2. The monoisotopic (exact) mass is 146 g/mol. The van der Waals surface area contributed by atoms with Crippen LogP contribution in [0.5, 0.6) is 0 Å². The highest BCUT2D eigenvalue weighted by Gasteiger charge is 2.01. The molecule has 0 aromatic heterocycles. The highest BCUT2D eigenvalue weighted by molar-refractivity contribution is 5.66. The number of hydrogen-bond acceptors (Lipinski definition) is 3. The van der Waals surface area contributed by atoms with Crippen LogP contribution in [0.15, 0.2) is 0 Å². The summed E-state index contributed by atoms with van der Waals surface area (Å²) < 4.78 is 4.74. The van der Waals surface area contributed by atoms with Gasteiger partial charge in [0.25, 0.3) is 0 Å². The molecule has 1 amide bonds. The third kappa shape index (κ3) is 5.37. The van der Waals surface area contributed by atoms with Crippen molar-refractivity contribution in [1.82, 2.24) is 10.9 Å². The van der Waals surface area contributed by atoms with E-state index < -0.39 is 6.09 Å². The van der Waals surface area contributed by atoms with Crippen molar-refractivity contribution in [2.75, 3.05) is 6.54 Å². The fourth-order valence-corrected chi connectivity index (χ4v) is 0.404. The summed E-state index contributed by atoms with van der Waals surface area (Å²) in [5.41, 5.74) is 4.98. The van der Waals surface area contributed by atoms with Gasteiger partial charge >= 0.3 is 6.09 Å². The summed E-state index contributed by atoms with van der Waals surface area (Å²) in [6, 6.07) is 0. The molecule has 0 atom stereocenters. The zero-order chi connectivity index (χ0) is 7.98. The van der Waals surface area contributed by atoms with Gasteiger partial charge in [-0.1, -0.05) is 6.92 Å². The molecule has 2 N–H and O–H groups in total. The molecule has 0 rings (SSSR count). The van der Waals surface area contributed by atoms with E-state index in [-0.39, 0.29) is 6.10 Å². The first-order valence-electron chi connectivity index (χ1n) is 3.36. The fraction of sp³-hybridized carbons (Fsp3) is 0.833. The second kappa shape index (κ2) is 5.05. The number of ether oxygens (including phenoxy) is 1. The van der Waals surface area contributed by atoms with Gasteiger partial charge in [0.05, 0.1) is 6.10 Å². The summed E-state index contributed by atoms with van der Waals surface area (Å²) in [4.78, 5) is 10.6. The Hall–Kier alpha value is -0.770. The molecule has 0 unspecified atom stereocenters. The van der Waals surface area contributed by atoms with Crippen LogP contribution in [0.2, 0.25) is 0 Å². The van der Waals surface area contributed by atoms with E-state index in [4.69, 9.17) is 4.74 Å². The topological polar surface area (TPSA) is 50.4 Å². The van der Waals surface area contributed by atoms with Crippen LogP contribution in [0.4, 0.5) is 4.79 Å². The third-order valence-electron chi connectivity index (χ3n) is 0.710. The molecule has 0 fully saturated rings. The molecule has 4 nitrogen and oxygen atoms in total. The Labute approximate surface area is 60.9 Å². The lowest BCUT2D eigenvalue weighted by atomic mass is 10.5. The summed E-state index contributed by atoms with van der Waals surface area (Å²) in [7, 11) is 0. The van der Waals surface area contributed by atoms with Gasteiger partial charge in [-0.15, -0.1) is 0 Å². The molecule has 60 valence electrons. The maximum atomic E-state index is 10.6. The molecule has 0 saturated carbocycles. The number of carbonyl (C=O) groups is 1. The zero-order valence-electron chi connectivity index (χ0n) is 6.60. The Bertz CT molecular complexity index is 104. The van der Waals surface area contributed by atoms with E-state index in [2.05, 4.69) is 10.9 Å². The van der Waals surface area contributed by atoms with E-state index in [1.165, 1.54) is 0 Å². The Morgan fingerprint density at radius 2 is 2.20 bits per heavy atom. The van der Waals surface area contributed by atoms with Gasteiger partial charge in [0.2, 0.25) is 0 Å². The first-order chi connectivity index (χ1) is 4.66. The third-order valence-corrected chi connectivity index (χ3v) is 0.710. The molecule has 0 heterocycles. The molecule has 0 saturated heterocycles. The molecule has 0 aromatic rings. The van der Waals surface area contributed by atoms with Crippen LogP contribution in [0.1, 0.15) is 20.8 Å². The van der Waals surface area contributed by atoms with E-state index in [0.29, 0.717) is 6.54 Å². The lowest BCUT2D eigenvalue weighted by Crippen LogP contribution is -2.38. The minimum atomic E-state index is -0.433. The van der Waals surface area contributed by atoms with E-state index in [1.807, 2.05) is 6.92 Å². The summed E-state index contributed by atoms with van der Waals surface area (Å²) in [5, 5.41) is 0. The molecule has 0 aliphatic carbocycles. The van der Waals surface area contributed by atoms with Gasteiger partial charge in [0, 0.05) is 6.54 Å². The lowest BCUT2D eigenvalue weighted by molar-refractivity contribution is 0.111. The molecule has 0 aliphatic rings. The molecule has 0 radical (unpaired) electrons. The van der Waals surface area contributed by atoms with Crippen LogP contribution in [0, 0.1) is 0 Å². The summed E-state index contributed by atoms with van der Waals surface area (Å²) in [6.45, 7) is 6.17. The lowest BCUT2D eigenvalue weighted by Gasteiger charge is -2.08. The smallest absolute Gasteiger partial charge is 0.421 e. The summed E-state index contributed by atoms with van der Waals surface area (Å²) in [5.74, 6) is 0. The summed E-state index contributed by atoms with van der Waals surface area (Å²) in [6.07, 6.45) is -0.504. The van der Waals surface area contributed by atoms with Crippen LogP contribution in [-0.2, 0) is 4.74 Å². The van der Waals surface area contributed by atoms with Crippen LogP contribution in [-0.4, -0.2) is 18.7 Å². The van der Waals surface area contributed by atoms with Gasteiger partial charge in [0.1, 0.15) is 0 Å². The highest BCUT2D eigenvalue weighted by Crippen LogP contribution is 1.85. The number of carbonyl (C=O) groups excluding carboxylic acids is 1. The van der Waals surface area contributed by atoms with E-state index >= 15 is 0 Å². The maximum Gasteiger partial charge on any atom is 0.421 e. The average molecular weight is 146 g/mol. The summed E-state index contributed by atoms with van der Waals surface area (Å²) >= 11 is 0. The number of nitrogens with one attached hydrogen (secondary N) is 2. The van der Waals surface area contributed by atoms with E-state index in [1.54, 1.807) is 13.8 Å². The molecule has 4 heteroatoms. The van der Waals surface area contributed by atoms with Crippen molar-refractivity contribution in [2.45, 2.75) is 26.9 Å². The van der Waals surface area contributed by atoms with Crippen LogP contribution >= 0.6 is 0 Å². The Balaban J connectivity index is 3.26. The minimum absolute atomic E-state index is 0.0707. The number of rotatable bonds is 3. The number of amides is 1. The predicted octanol–water partition coefficient (Wildman–Crippen LogP) is 0.645. The van der Waals surface area contributed by atoms with Crippen molar-refractivity contribution >= 4 is 6.09 Å². The van der Waals surface area contributed by atoms with Gasteiger partial charge in [0.15, 0.2) is 0 Å². The van der Waals surface area contributed by atoms with Gasteiger partial charge in [-0.25, -0.2) is 10.2 Å². The van der Waals surface area contributed by atoms with Gasteiger partial charge in [-0.05, 0) is 13.8 Å². The quantitative estimate of drug-likeness (QED) is 0.575. The molecule has 0 bridgehead atoms. The zero-order valence-corrected chi connectivity index (χ0v) is 6.60. The molecule has 0 spiro atoms. The van der Waals surface area contributed by atoms with Crippen molar-refractivity contribution in [2.24, 2.45) is 0 Å². The first kappa shape index (κ1) is 9.23. The van der Waals surface area contributed by atoms with Crippen LogP contribution in [0.3, 0.4) is 0 Å². The van der Waals surface area contributed by atoms with Gasteiger partial charge < -0.3 is 4.74 Å². The second-order valence-corrected chi connectivity index (χ2v) is 2.11. The standard InChI is InChI=1S/C6H14N2O2/c1-4-7-8-6(9)10-5(2)3/h5,7H,4H2,1-3H3,(H,8,9). The van der Waals surface area contributed by atoms with E-state index in [9.17, 15) is 4.79 Å². The number of hydrazine groups is 1. The number of hydrogen-bond donors (Lipinski definition) is 2. The predicted molar refractivity (Wildman–Crippen MR) is 38.4 cm³/mol. The molecule has 10 heavy (non-hydrogen) atoms. The van der Waals surface area contributed by atoms with Gasteiger partial charge in [-0.3, -0.25) is 5.43 Å². The minimum Gasteiger partial charge on any atom is -0.446 e. The Morgan fingerprint density at radius 1 is 1.60 bits per heavy atom. The molecule has 0 aromatic carbocycles. The second-order valence-electron chi connectivity index (χ2n) is 2.11. The average Bonchev–Trinajstić information content (AvgIpc) is 1.82. The molecule has 0 aliphatic heterocycles. The fourth-order valence-electron chi connectivity index (χ4n) is 0.404. The van der Waals surface area contributed by atoms with E-state index in [0.717, 1.165) is 0 Å². The van der Waals surface area contributed by atoms with Crippen molar-refractivity contribution in [3.8, 4) is 0 Å². The van der Waals surface area contributed by atoms with Crippen molar-refractivity contribution < 1.29 is 9.53 Å². The maximum absolute atomic E-state index is 10.6. The van der Waals surface area contributed by atoms with Crippen LogP contribution in [0.25, 0.3) is 0 Å². The Morgan fingerprint density at radius 3 is 2.60 bits per heavy atom. The first-order valence-corrected chi connectivity index (χ1v) is 3.36.